The van der Waals surface area contributed by atoms with Crippen LogP contribution in [-0.2, 0) is 9.59 Å². The van der Waals surface area contributed by atoms with Gasteiger partial charge in [-0.1, -0.05) is 29.8 Å². The number of carboxylic acids is 1. The summed E-state index contributed by atoms with van der Waals surface area (Å²) in [7, 11) is 0. The van der Waals surface area contributed by atoms with Crippen molar-refractivity contribution in [3.05, 3.63) is 35.4 Å². The molecule has 1 aromatic carbocycles. The molecule has 0 heterocycles. The van der Waals surface area contributed by atoms with Crippen molar-refractivity contribution >= 4 is 17.7 Å². The van der Waals surface area contributed by atoms with Gasteiger partial charge in [0, 0.05) is 31.4 Å². The van der Waals surface area contributed by atoms with Crippen molar-refractivity contribution in [3.63, 3.8) is 0 Å². The number of hydrogen-bond donors (Lipinski definition) is 2. The zero-order valence-electron chi connectivity index (χ0n) is 12.2. The Kier molecular flexibility index (Phi) is 7.15. The van der Waals surface area contributed by atoms with E-state index in [9.17, 15) is 14.4 Å². The maximum absolute atomic E-state index is 11.9. The van der Waals surface area contributed by atoms with Crippen LogP contribution < -0.4 is 5.32 Å². The van der Waals surface area contributed by atoms with Gasteiger partial charge in [-0.3, -0.25) is 14.4 Å². The Morgan fingerprint density at radius 3 is 2.29 bits per heavy atom. The second-order valence-corrected chi connectivity index (χ2v) is 4.99. The number of unbranched alkanes of at least 4 members (excludes halogenated alkanes) is 1. The van der Waals surface area contributed by atoms with Crippen LogP contribution in [0, 0.1) is 6.92 Å². The Morgan fingerprint density at radius 2 is 1.67 bits per heavy atom. The van der Waals surface area contributed by atoms with Gasteiger partial charge in [0.1, 0.15) is 0 Å². The SMILES string of the molecule is Cc1ccc(C(=O)CCC(=O)NCCCCC(=O)O)cc1. The third-order valence-electron chi connectivity index (χ3n) is 3.09. The highest BCUT2D eigenvalue weighted by Crippen LogP contribution is 2.07. The molecule has 0 aliphatic rings. The minimum absolute atomic E-state index is 0.0453. The number of aryl methyl sites for hydroxylation is 1. The Balaban J connectivity index is 2.19. The van der Waals surface area contributed by atoms with Gasteiger partial charge in [0.05, 0.1) is 0 Å². The number of carboxylic acid groups (broad SMARTS) is 1. The highest BCUT2D eigenvalue weighted by Gasteiger charge is 2.08. The molecule has 5 nitrogen and oxygen atoms in total. The van der Waals surface area contributed by atoms with Crippen LogP contribution in [0.4, 0.5) is 0 Å². The van der Waals surface area contributed by atoms with E-state index in [0.29, 0.717) is 24.9 Å². The van der Waals surface area contributed by atoms with E-state index < -0.39 is 5.97 Å². The molecule has 1 rings (SSSR count). The fourth-order valence-electron chi connectivity index (χ4n) is 1.83. The van der Waals surface area contributed by atoms with Gasteiger partial charge in [-0.05, 0) is 19.8 Å². The van der Waals surface area contributed by atoms with E-state index in [1.54, 1.807) is 12.1 Å². The Hall–Kier alpha value is -2.17. The van der Waals surface area contributed by atoms with Crippen molar-refractivity contribution in [1.29, 1.82) is 0 Å². The zero-order chi connectivity index (χ0) is 15.7. The lowest BCUT2D eigenvalue weighted by Crippen LogP contribution is -2.24. The van der Waals surface area contributed by atoms with Crippen LogP contribution in [0.2, 0.25) is 0 Å². The first-order chi connectivity index (χ1) is 9.99. The summed E-state index contributed by atoms with van der Waals surface area (Å²) in [5.41, 5.74) is 1.71. The largest absolute Gasteiger partial charge is 0.481 e. The van der Waals surface area contributed by atoms with Gasteiger partial charge in [0.25, 0.3) is 0 Å². The first-order valence-electron chi connectivity index (χ1n) is 7.07. The van der Waals surface area contributed by atoms with E-state index in [1.165, 1.54) is 0 Å². The molecule has 0 aliphatic heterocycles. The highest BCUT2D eigenvalue weighted by atomic mass is 16.4. The average Bonchev–Trinajstić information content (AvgIpc) is 2.44. The standard InChI is InChI=1S/C16H21NO4/c1-12-5-7-13(8-6-12)14(18)9-10-15(19)17-11-3-2-4-16(20)21/h5-8H,2-4,9-11H2,1H3,(H,17,19)(H,20,21). The molecule has 0 aromatic heterocycles. The van der Waals surface area contributed by atoms with E-state index in [1.807, 2.05) is 19.1 Å². The molecule has 0 aliphatic carbocycles. The Morgan fingerprint density at radius 1 is 1.00 bits per heavy atom. The Bertz CT molecular complexity index is 494. The second kappa shape index (κ2) is 8.89. The normalized spacial score (nSPS) is 10.1. The summed E-state index contributed by atoms with van der Waals surface area (Å²) in [5.74, 6) is -1.05. The van der Waals surface area contributed by atoms with Crippen LogP contribution in [-0.4, -0.2) is 29.3 Å². The summed E-state index contributed by atoms with van der Waals surface area (Å²) in [5, 5.41) is 11.2. The minimum atomic E-state index is -0.829. The first kappa shape index (κ1) is 16.9. The molecule has 1 amide bonds. The number of rotatable bonds is 9. The molecule has 0 atom stereocenters. The van der Waals surface area contributed by atoms with Crippen LogP contribution in [0.3, 0.4) is 0 Å². The number of nitrogens with one attached hydrogen (secondary N) is 1. The monoisotopic (exact) mass is 291 g/mol. The number of carbonyl (C=O) groups is 3. The topological polar surface area (TPSA) is 83.5 Å². The van der Waals surface area contributed by atoms with Gasteiger partial charge in [0.15, 0.2) is 5.78 Å². The average molecular weight is 291 g/mol. The van der Waals surface area contributed by atoms with Crippen LogP contribution in [0.15, 0.2) is 24.3 Å². The maximum Gasteiger partial charge on any atom is 0.303 e. The second-order valence-electron chi connectivity index (χ2n) is 4.99. The third-order valence-corrected chi connectivity index (χ3v) is 3.09. The number of ketones is 1. The highest BCUT2D eigenvalue weighted by molar-refractivity contribution is 5.97. The summed E-state index contributed by atoms with van der Waals surface area (Å²) < 4.78 is 0. The van der Waals surface area contributed by atoms with Crippen LogP contribution in [0.5, 0.6) is 0 Å². The molecule has 0 spiro atoms. The molecule has 1 aromatic rings. The van der Waals surface area contributed by atoms with Crippen LogP contribution in [0.1, 0.15) is 48.0 Å². The van der Waals surface area contributed by atoms with Crippen molar-refractivity contribution in [2.45, 2.75) is 39.0 Å². The lowest BCUT2D eigenvalue weighted by Gasteiger charge is -2.05. The molecular weight excluding hydrogens is 270 g/mol. The molecule has 0 saturated carbocycles. The van der Waals surface area contributed by atoms with E-state index in [-0.39, 0.29) is 31.0 Å². The van der Waals surface area contributed by atoms with Gasteiger partial charge in [-0.2, -0.15) is 0 Å². The Labute approximate surface area is 124 Å². The third kappa shape index (κ3) is 7.25. The zero-order valence-corrected chi connectivity index (χ0v) is 12.2. The lowest BCUT2D eigenvalue weighted by molar-refractivity contribution is -0.137. The number of carbonyl (C=O) groups excluding carboxylic acids is 2. The maximum atomic E-state index is 11.9. The summed E-state index contributed by atoms with van der Waals surface area (Å²) in [4.78, 5) is 33.7. The summed E-state index contributed by atoms with van der Waals surface area (Å²) >= 11 is 0. The fourth-order valence-corrected chi connectivity index (χ4v) is 1.83. The lowest BCUT2D eigenvalue weighted by atomic mass is 10.0. The summed E-state index contributed by atoms with van der Waals surface area (Å²) in [6, 6.07) is 7.27. The van der Waals surface area contributed by atoms with Gasteiger partial charge in [-0.15, -0.1) is 0 Å². The number of benzene rings is 1. The van der Waals surface area contributed by atoms with Crippen molar-refractivity contribution in [2.75, 3.05) is 6.54 Å². The summed E-state index contributed by atoms with van der Waals surface area (Å²) in [6.07, 6.45) is 1.62. The van der Waals surface area contributed by atoms with Crippen LogP contribution in [0.25, 0.3) is 0 Å². The molecule has 21 heavy (non-hydrogen) atoms. The molecule has 0 unspecified atom stereocenters. The van der Waals surface area contributed by atoms with E-state index in [2.05, 4.69) is 5.32 Å². The van der Waals surface area contributed by atoms with E-state index in [4.69, 9.17) is 5.11 Å². The first-order valence-corrected chi connectivity index (χ1v) is 7.07. The smallest absolute Gasteiger partial charge is 0.303 e. The summed E-state index contributed by atoms with van der Waals surface area (Å²) in [6.45, 7) is 2.40. The predicted molar refractivity (Wildman–Crippen MR) is 79.2 cm³/mol. The predicted octanol–water partition coefficient (Wildman–Crippen LogP) is 2.33. The van der Waals surface area contributed by atoms with Gasteiger partial charge in [0.2, 0.25) is 5.91 Å². The van der Waals surface area contributed by atoms with Gasteiger partial charge in [-0.25, -0.2) is 0 Å². The van der Waals surface area contributed by atoms with Crippen molar-refractivity contribution in [1.82, 2.24) is 5.32 Å². The molecule has 5 heteroatoms. The molecule has 114 valence electrons. The van der Waals surface area contributed by atoms with Gasteiger partial charge < -0.3 is 10.4 Å². The molecule has 0 radical (unpaired) electrons. The molecule has 0 fully saturated rings. The van der Waals surface area contributed by atoms with Gasteiger partial charge >= 0.3 is 5.97 Å². The van der Waals surface area contributed by atoms with E-state index in [0.717, 1.165) is 5.56 Å². The van der Waals surface area contributed by atoms with Crippen molar-refractivity contribution < 1.29 is 19.5 Å². The fraction of sp³-hybridized carbons (Fsp3) is 0.438. The molecule has 0 saturated heterocycles. The number of Topliss-reactive ketones (excluding diaryl/α,β-unsaturated/α-hetero) is 1. The quantitative estimate of drug-likeness (QED) is 0.540. The van der Waals surface area contributed by atoms with Crippen molar-refractivity contribution in [2.24, 2.45) is 0 Å². The number of amides is 1. The number of aliphatic carboxylic acids is 1. The van der Waals surface area contributed by atoms with E-state index >= 15 is 0 Å². The van der Waals surface area contributed by atoms with Crippen LogP contribution >= 0.6 is 0 Å². The molecule has 2 N–H and O–H groups in total. The number of hydrogen-bond acceptors (Lipinski definition) is 3. The molecule has 0 bridgehead atoms. The molecular formula is C16H21NO4. The minimum Gasteiger partial charge on any atom is -0.481 e. The van der Waals surface area contributed by atoms with Crippen molar-refractivity contribution in [3.8, 4) is 0 Å².